The molecule has 1 saturated heterocycles. The number of anilines is 1. The van der Waals surface area contributed by atoms with Crippen LogP contribution < -0.4 is 10.0 Å². The number of hydrogen-bond acceptors (Lipinski definition) is 6. The summed E-state index contributed by atoms with van der Waals surface area (Å²) in [6.07, 6.45) is 4.83. The van der Waals surface area contributed by atoms with E-state index in [1.54, 1.807) is 18.2 Å². The number of nitrogens with zero attached hydrogens (tertiary/aromatic N) is 2. The second-order valence-electron chi connectivity index (χ2n) is 8.24. The van der Waals surface area contributed by atoms with Crippen molar-refractivity contribution in [1.82, 2.24) is 14.5 Å². The molecule has 1 aliphatic carbocycles. The zero-order chi connectivity index (χ0) is 22.7. The molecule has 32 heavy (non-hydrogen) atoms. The molecule has 0 bridgehead atoms. The van der Waals surface area contributed by atoms with Crippen LogP contribution in [0.3, 0.4) is 0 Å². The maximum atomic E-state index is 13.5. The first kappa shape index (κ1) is 22.8. The molecule has 1 aromatic heterocycles. The summed E-state index contributed by atoms with van der Waals surface area (Å²) >= 11 is 1.39. The summed E-state index contributed by atoms with van der Waals surface area (Å²) in [6, 6.07) is 6.87. The minimum Gasteiger partial charge on any atom is -0.336 e. The number of piperazine rings is 1. The van der Waals surface area contributed by atoms with Crippen molar-refractivity contribution >= 4 is 38.3 Å². The molecule has 0 saturated carbocycles. The third-order valence-electron chi connectivity index (χ3n) is 5.93. The van der Waals surface area contributed by atoms with E-state index in [9.17, 15) is 18.0 Å². The highest BCUT2D eigenvalue weighted by Crippen LogP contribution is 2.38. The van der Waals surface area contributed by atoms with E-state index in [1.807, 2.05) is 11.9 Å². The van der Waals surface area contributed by atoms with Gasteiger partial charge < -0.3 is 9.80 Å². The lowest BCUT2D eigenvalue weighted by atomic mass is 10.0. The highest BCUT2D eigenvalue weighted by Gasteiger charge is 2.30. The van der Waals surface area contributed by atoms with Crippen LogP contribution in [0.15, 0.2) is 35.2 Å². The second-order valence-corrected chi connectivity index (χ2v) is 11.0. The summed E-state index contributed by atoms with van der Waals surface area (Å²) in [4.78, 5) is 31.3. The maximum Gasteiger partial charge on any atom is 0.333 e. The number of nitrogens with one attached hydrogen (secondary N) is 2. The van der Waals surface area contributed by atoms with Crippen molar-refractivity contribution in [2.45, 2.75) is 37.0 Å². The third kappa shape index (κ3) is 4.97. The molecule has 0 atom stereocenters. The molecule has 3 amide bonds. The number of amides is 3. The van der Waals surface area contributed by atoms with Crippen molar-refractivity contribution in [3.05, 3.63) is 46.3 Å². The van der Waals surface area contributed by atoms with Gasteiger partial charge >= 0.3 is 6.03 Å². The van der Waals surface area contributed by atoms with Crippen LogP contribution in [0.4, 0.5) is 9.80 Å². The predicted molar refractivity (Wildman–Crippen MR) is 125 cm³/mol. The number of rotatable bonds is 4. The number of sulfonamides is 1. The molecule has 2 N–H and O–H groups in total. The number of fused-ring (bicyclic) bond motifs is 1. The summed E-state index contributed by atoms with van der Waals surface area (Å²) in [5.74, 6) is -0.0845. The number of aryl methyl sites for hydroxylation is 1. The van der Waals surface area contributed by atoms with E-state index >= 15 is 0 Å². The molecule has 1 fully saturated rings. The Morgan fingerprint density at radius 3 is 2.38 bits per heavy atom. The van der Waals surface area contributed by atoms with E-state index in [0.717, 1.165) is 55.6 Å². The van der Waals surface area contributed by atoms with E-state index in [0.29, 0.717) is 23.7 Å². The van der Waals surface area contributed by atoms with Gasteiger partial charge in [0.05, 0.1) is 10.5 Å². The van der Waals surface area contributed by atoms with Crippen LogP contribution in [0.5, 0.6) is 0 Å². The van der Waals surface area contributed by atoms with Crippen molar-refractivity contribution in [3.8, 4) is 0 Å². The fourth-order valence-corrected chi connectivity index (χ4v) is 6.34. The van der Waals surface area contributed by atoms with Crippen LogP contribution in [0.2, 0.25) is 0 Å². The standard InChI is InChI=1S/C22H28N4O4S2/c1-25-12-14-26(15-13-25)21(27)19-17-10-6-3-7-11-18(17)31-20(19)23-22(28)24-32(29,30)16-8-4-2-5-9-16/h2,4-5,8-9H,3,6-7,10-15H2,1H3,(H2,23,24,28). The summed E-state index contributed by atoms with van der Waals surface area (Å²) in [7, 11) is -1.97. The van der Waals surface area contributed by atoms with Crippen LogP contribution in [0, 0.1) is 0 Å². The van der Waals surface area contributed by atoms with Crippen LogP contribution in [0.25, 0.3) is 0 Å². The summed E-state index contributed by atoms with van der Waals surface area (Å²) < 4.78 is 27.1. The minimum absolute atomic E-state index is 0.00541. The SMILES string of the molecule is CN1CCN(C(=O)c2c(NC(=O)NS(=O)(=O)c3ccccc3)sc3c2CCCCC3)CC1. The van der Waals surface area contributed by atoms with Gasteiger partial charge in [-0.05, 0) is 50.4 Å². The molecule has 172 valence electrons. The first-order chi connectivity index (χ1) is 15.3. The molecule has 2 aliphatic rings. The zero-order valence-electron chi connectivity index (χ0n) is 18.1. The molecule has 0 radical (unpaired) electrons. The molecule has 2 heterocycles. The Kier molecular flexibility index (Phi) is 6.82. The molecule has 2 aromatic rings. The highest BCUT2D eigenvalue weighted by molar-refractivity contribution is 7.90. The van der Waals surface area contributed by atoms with Crippen LogP contribution >= 0.6 is 11.3 Å². The molecule has 0 spiro atoms. The van der Waals surface area contributed by atoms with Crippen molar-refractivity contribution in [2.24, 2.45) is 0 Å². The predicted octanol–water partition coefficient (Wildman–Crippen LogP) is 2.92. The summed E-state index contributed by atoms with van der Waals surface area (Å²) in [5, 5.41) is 3.11. The van der Waals surface area contributed by atoms with Gasteiger partial charge in [-0.3, -0.25) is 10.1 Å². The van der Waals surface area contributed by atoms with Crippen molar-refractivity contribution in [3.63, 3.8) is 0 Å². The number of carbonyl (C=O) groups is 2. The average molecular weight is 477 g/mol. The third-order valence-corrected chi connectivity index (χ3v) is 8.49. The lowest BCUT2D eigenvalue weighted by Crippen LogP contribution is -2.47. The van der Waals surface area contributed by atoms with Crippen molar-refractivity contribution in [1.29, 1.82) is 0 Å². The molecule has 0 unspecified atom stereocenters. The number of hydrogen-bond donors (Lipinski definition) is 2. The lowest BCUT2D eigenvalue weighted by Gasteiger charge is -2.32. The molecule has 1 aliphatic heterocycles. The Balaban J connectivity index is 1.59. The van der Waals surface area contributed by atoms with Gasteiger partial charge in [0, 0.05) is 31.1 Å². The molecule has 10 heteroatoms. The Hall–Kier alpha value is -2.43. The summed E-state index contributed by atoms with van der Waals surface area (Å²) in [5.41, 5.74) is 1.54. The topological polar surface area (TPSA) is 98.8 Å². The van der Waals surface area contributed by atoms with E-state index in [2.05, 4.69) is 14.9 Å². The smallest absolute Gasteiger partial charge is 0.333 e. The first-order valence-electron chi connectivity index (χ1n) is 10.9. The number of likely N-dealkylation sites (N-methyl/N-ethyl adjacent to an activating group) is 1. The van der Waals surface area contributed by atoms with E-state index in [4.69, 9.17) is 0 Å². The number of carbonyl (C=O) groups excluding carboxylic acids is 2. The van der Waals surface area contributed by atoms with E-state index in [-0.39, 0.29) is 10.8 Å². The number of benzene rings is 1. The molecule has 1 aromatic carbocycles. The Morgan fingerprint density at radius 2 is 1.66 bits per heavy atom. The van der Waals surface area contributed by atoms with Gasteiger partial charge in [0.25, 0.3) is 15.9 Å². The first-order valence-corrected chi connectivity index (χ1v) is 13.2. The van der Waals surface area contributed by atoms with Gasteiger partial charge in [-0.1, -0.05) is 24.6 Å². The Morgan fingerprint density at radius 1 is 0.969 bits per heavy atom. The lowest BCUT2D eigenvalue weighted by molar-refractivity contribution is 0.0664. The van der Waals surface area contributed by atoms with Crippen LogP contribution in [-0.4, -0.2) is 63.4 Å². The van der Waals surface area contributed by atoms with E-state index < -0.39 is 16.1 Å². The number of urea groups is 1. The Labute approximate surface area is 192 Å². The van der Waals surface area contributed by atoms with Crippen LogP contribution in [0.1, 0.15) is 40.1 Å². The minimum atomic E-state index is -4.01. The number of thiophene rings is 1. The van der Waals surface area contributed by atoms with Crippen molar-refractivity contribution in [2.75, 3.05) is 38.5 Å². The molecular weight excluding hydrogens is 448 g/mol. The van der Waals surface area contributed by atoms with Gasteiger partial charge in [0.1, 0.15) is 5.00 Å². The van der Waals surface area contributed by atoms with Crippen LogP contribution in [-0.2, 0) is 22.9 Å². The summed E-state index contributed by atoms with van der Waals surface area (Å²) in [6.45, 7) is 2.87. The molecular formula is C22H28N4O4S2. The van der Waals surface area contributed by atoms with Crippen molar-refractivity contribution < 1.29 is 18.0 Å². The molecule has 4 rings (SSSR count). The van der Waals surface area contributed by atoms with E-state index in [1.165, 1.54) is 23.5 Å². The zero-order valence-corrected chi connectivity index (χ0v) is 19.7. The highest BCUT2D eigenvalue weighted by atomic mass is 32.2. The van der Waals surface area contributed by atoms with Gasteiger partial charge in [-0.25, -0.2) is 17.9 Å². The molecule has 8 nitrogen and oxygen atoms in total. The second kappa shape index (κ2) is 9.60. The fraction of sp³-hybridized carbons (Fsp3) is 0.455. The fourth-order valence-electron chi connectivity index (χ4n) is 4.13. The van der Waals surface area contributed by atoms with Gasteiger partial charge in [0.15, 0.2) is 0 Å². The Bertz CT molecular complexity index is 1090. The maximum absolute atomic E-state index is 13.5. The average Bonchev–Trinajstić information content (AvgIpc) is 2.94. The van der Waals surface area contributed by atoms with Gasteiger partial charge in [0.2, 0.25) is 0 Å². The van der Waals surface area contributed by atoms with Gasteiger partial charge in [-0.2, -0.15) is 0 Å². The quantitative estimate of drug-likeness (QED) is 0.661. The monoisotopic (exact) mass is 476 g/mol. The normalized spacial score (nSPS) is 17.3. The van der Waals surface area contributed by atoms with Gasteiger partial charge in [-0.15, -0.1) is 11.3 Å². The largest absolute Gasteiger partial charge is 0.336 e.